The second-order valence-electron chi connectivity index (χ2n) is 4.71. The van der Waals surface area contributed by atoms with Gasteiger partial charge in [-0.15, -0.1) is 0 Å². The highest BCUT2D eigenvalue weighted by Gasteiger charge is 2.26. The Morgan fingerprint density at radius 2 is 2.05 bits per heavy atom. The van der Waals surface area contributed by atoms with Crippen molar-refractivity contribution in [1.29, 1.82) is 0 Å². The Hall–Kier alpha value is -1.89. The summed E-state index contributed by atoms with van der Waals surface area (Å²) < 4.78 is 29.3. The van der Waals surface area contributed by atoms with Crippen LogP contribution in [0.2, 0.25) is 0 Å². The SMILES string of the molecule is CC(=O)COC(=O)c1ccc2c(c1)CCN2S(C)(=O)=O. The molecular weight excluding hydrogens is 282 g/mol. The number of hydrogen-bond donors (Lipinski definition) is 0. The number of Topliss-reactive ketones (excluding diaryl/α,β-unsaturated/α-hetero) is 1. The van der Waals surface area contributed by atoms with Crippen molar-refractivity contribution < 1.29 is 22.7 Å². The van der Waals surface area contributed by atoms with Gasteiger partial charge in [0.2, 0.25) is 10.0 Å². The van der Waals surface area contributed by atoms with E-state index in [2.05, 4.69) is 0 Å². The van der Waals surface area contributed by atoms with Gasteiger partial charge in [-0.3, -0.25) is 9.10 Å². The van der Waals surface area contributed by atoms with E-state index in [4.69, 9.17) is 4.74 Å². The van der Waals surface area contributed by atoms with Crippen LogP contribution in [0.4, 0.5) is 5.69 Å². The molecule has 0 fully saturated rings. The van der Waals surface area contributed by atoms with E-state index < -0.39 is 16.0 Å². The second-order valence-corrected chi connectivity index (χ2v) is 6.61. The van der Waals surface area contributed by atoms with Gasteiger partial charge in [-0.05, 0) is 37.1 Å². The zero-order chi connectivity index (χ0) is 14.9. The number of ether oxygens (including phenoxy) is 1. The molecule has 0 N–H and O–H groups in total. The summed E-state index contributed by atoms with van der Waals surface area (Å²) in [5.74, 6) is -0.816. The van der Waals surface area contributed by atoms with Crippen molar-refractivity contribution in [2.24, 2.45) is 0 Å². The zero-order valence-electron chi connectivity index (χ0n) is 11.3. The van der Waals surface area contributed by atoms with E-state index in [1.165, 1.54) is 17.3 Å². The average Bonchev–Trinajstić information content (AvgIpc) is 2.78. The summed E-state index contributed by atoms with van der Waals surface area (Å²) in [6, 6.07) is 4.71. The van der Waals surface area contributed by atoms with Crippen molar-refractivity contribution in [3.05, 3.63) is 29.3 Å². The monoisotopic (exact) mass is 297 g/mol. The van der Waals surface area contributed by atoms with Crippen LogP contribution in [-0.4, -0.2) is 39.6 Å². The second kappa shape index (κ2) is 5.24. The van der Waals surface area contributed by atoms with Crippen LogP contribution in [0.1, 0.15) is 22.8 Å². The molecule has 0 spiro atoms. The number of ketones is 1. The normalized spacial score (nSPS) is 14.0. The lowest BCUT2D eigenvalue weighted by Crippen LogP contribution is -2.27. The first-order chi connectivity index (χ1) is 9.29. The van der Waals surface area contributed by atoms with Crippen molar-refractivity contribution >= 4 is 27.5 Å². The van der Waals surface area contributed by atoms with Crippen LogP contribution in [0.15, 0.2) is 18.2 Å². The van der Waals surface area contributed by atoms with Gasteiger partial charge in [0.25, 0.3) is 0 Å². The van der Waals surface area contributed by atoms with Crippen molar-refractivity contribution in [3.63, 3.8) is 0 Å². The first-order valence-electron chi connectivity index (χ1n) is 6.06. The fourth-order valence-corrected chi connectivity index (χ4v) is 3.05. The standard InChI is InChI=1S/C13H15NO5S/c1-9(15)8-19-13(16)11-3-4-12-10(7-11)5-6-14(12)20(2,17)18/h3-4,7H,5-6,8H2,1-2H3. The van der Waals surface area contributed by atoms with E-state index in [0.29, 0.717) is 24.2 Å². The summed E-state index contributed by atoms with van der Waals surface area (Å²) in [7, 11) is -3.30. The minimum atomic E-state index is -3.30. The number of esters is 1. The molecule has 1 heterocycles. The van der Waals surface area contributed by atoms with Gasteiger partial charge in [0.1, 0.15) is 6.61 Å². The number of benzene rings is 1. The summed E-state index contributed by atoms with van der Waals surface area (Å²) in [5.41, 5.74) is 1.70. The highest BCUT2D eigenvalue weighted by atomic mass is 32.2. The number of hydrogen-bond acceptors (Lipinski definition) is 5. The predicted octanol–water partition coefficient (Wildman–Crippen LogP) is 0.755. The van der Waals surface area contributed by atoms with E-state index in [-0.39, 0.29) is 12.4 Å². The first-order valence-corrected chi connectivity index (χ1v) is 7.91. The molecule has 0 radical (unpaired) electrons. The Bertz CT molecular complexity index is 665. The molecule has 1 aromatic carbocycles. The highest BCUT2D eigenvalue weighted by Crippen LogP contribution is 2.30. The first kappa shape index (κ1) is 14.5. The smallest absolute Gasteiger partial charge is 0.338 e. The van der Waals surface area contributed by atoms with Crippen LogP contribution in [-0.2, 0) is 26.0 Å². The Morgan fingerprint density at radius 3 is 2.65 bits per heavy atom. The third-order valence-corrected chi connectivity index (χ3v) is 4.15. The molecule has 0 aromatic heterocycles. The number of fused-ring (bicyclic) bond motifs is 1. The fourth-order valence-electron chi connectivity index (χ4n) is 2.09. The van der Waals surface area contributed by atoms with Gasteiger partial charge in [-0.25, -0.2) is 13.2 Å². The summed E-state index contributed by atoms with van der Waals surface area (Å²) in [4.78, 5) is 22.5. The van der Waals surface area contributed by atoms with Crippen LogP contribution in [0.25, 0.3) is 0 Å². The van der Waals surface area contributed by atoms with Crippen molar-refractivity contribution in [2.45, 2.75) is 13.3 Å². The Morgan fingerprint density at radius 1 is 1.35 bits per heavy atom. The molecule has 1 aliphatic heterocycles. The number of carbonyl (C=O) groups is 2. The molecule has 2 rings (SSSR count). The summed E-state index contributed by atoms with van der Waals surface area (Å²) in [6.07, 6.45) is 1.70. The van der Waals surface area contributed by atoms with E-state index in [0.717, 1.165) is 11.8 Å². The van der Waals surface area contributed by atoms with Crippen molar-refractivity contribution in [3.8, 4) is 0 Å². The minimum absolute atomic E-state index is 0.234. The summed E-state index contributed by atoms with van der Waals surface area (Å²) >= 11 is 0. The Balaban J connectivity index is 2.22. The molecule has 0 saturated heterocycles. The van der Waals surface area contributed by atoms with E-state index >= 15 is 0 Å². The number of anilines is 1. The number of sulfonamides is 1. The molecule has 108 valence electrons. The van der Waals surface area contributed by atoms with Crippen molar-refractivity contribution in [2.75, 3.05) is 23.7 Å². The maximum atomic E-state index is 11.7. The van der Waals surface area contributed by atoms with Gasteiger partial charge < -0.3 is 4.74 Å². The van der Waals surface area contributed by atoms with E-state index in [1.807, 2.05) is 0 Å². The highest BCUT2D eigenvalue weighted by molar-refractivity contribution is 7.92. The van der Waals surface area contributed by atoms with E-state index in [1.54, 1.807) is 12.1 Å². The van der Waals surface area contributed by atoms with Gasteiger partial charge in [0.15, 0.2) is 5.78 Å². The van der Waals surface area contributed by atoms with Crippen LogP contribution in [0, 0.1) is 0 Å². The Labute approximate surface area is 117 Å². The molecule has 0 amide bonds. The lowest BCUT2D eigenvalue weighted by Gasteiger charge is -2.16. The number of nitrogens with zero attached hydrogens (tertiary/aromatic N) is 1. The topological polar surface area (TPSA) is 80.8 Å². The van der Waals surface area contributed by atoms with Gasteiger partial charge in [-0.1, -0.05) is 0 Å². The van der Waals surface area contributed by atoms with Crippen LogP contribution in [0.5, 0.6) is 0 Å². The molecule has 0 unspecified atom stereocenters. The van der Waals surface area contributed by atoms with Crippen molar-refractivity contribution in [1.82, 2.24) is 0 Å². The fraction of sp³-hybridized carbons (Fsp3) is 0.385. The number of carbonyl (C=O) groups excluding carboxylic acids is 2. The van der Waals surface area contributed by atoms with Gasteiger partial charge in [0.05, 0.1) is 17.5 Å². The average molecular weight is 297 g/mol. The molecule has 0 saturated carbocycles. The third kappa shape index (κ3) is 2.98. The molecule has 1 aromatic rings. The lowest BCUT2D eigenvalue weighted by atomic mass is 10.1. The molecule has 7 heteroatoms. The van der Waals surface area contributed by atoms with Gasteiger partial charge >= 0.3 is 5.97 Å². The quantitative estimate of drug-likeness (QED) is 0.766. The summed E-state index contributed by atoms with van der Waals surface area (Å²) in [5, 5.41) is 0. The maximum absolute atomic E-state index is 11.7. The molecule has 1 aliphatic rings. The molecular formula is C13H15NO5S. The zero-order valence-corrected chi connectivity index (χ0v) is 12.1. The van der Waals surface area contributed by atoms with Crippen LogP contribution >= 0.6 is 0 Å². The summed E-state index contributed by atoms with van der Waals surface area (Å²) in [6.45, 7) is 1.45. The predicted molar refractivity (Wildman–Crippen MR) is 73.3 cm³/mol. The molecule has 0 aliphatic carbocycles. The molecule has 6 nitrogen and oxygen atoms in total. The molecule has 0 atom stereocenters. The largest absolute Gasteiger partial charge is 0.454 e. The van der Waals surface area contributed by atoms with Crippen LogP contribution < -0.4 is 4.31 Å². The van der Waals surface area contributed by atoms with Crippen LogP contribution in [0.3, 0.4) is 0 Å². The maximum Gasteiger partial charge on any atom is 0.338 e. The Kier molecular flexibility index (Phi) is 3.80. The number of rotatable bonds is 4. The third-order valence-electron chi connectivity index (χ3n) is 2.97. The van der Waals surface area contributed by atoms with E-state index in [9.17, 15) is 18.0 Å². The molecule has 20 heavy (non-hydrogen) atoms. The van der Waals surface area contributed by atoms with Gasteiger partial charge in [0, 0.05) is 6.54 Å². The molecule has 0 bridgehead atoms. The minimum Gasteiger partial charge on any atom is -0.454 e. The van der Waals surface area contributed by atoms with Gasteiger partial charge in [-0.2, -0.15) is 0 Å². The lowest BCUT2D eigenvalue weighted by molar-refractivity contribution is -0.120.